The molecule has 0 atom stereocenters. The van der Waals surface area contributed by atoms with E-state index < -0.39 is 93.3 Å². The SMILES string of the molecule is Cc1cc(C(c2ccc(C3c4cc(c(O)cc4O)C(c4ccc(C(c5cc(C)c(O)c(C)c5)c5cc(C)c(O)c(C)c5)cc4)c4cc(c(O)cc4O)C(c4ccc(C(c5cc(C)c(O)c(C)c5)c5cc(C)c(O)c(C)c5)cc4)c4cc(c(O)cc4O)C(c4ccc(C(c5cc(C)c(O)c(C)c5)c5cc(C)c(O)c(C)c5)cc4)c4cc3c(O)cc4O)cc2)c2cc(C)c(O)c(C)c2)cc(C)c1O. The van der Waals surface area contributed by atoms with E-state index in [1.165, 1.54) is 24.3 Å². The Balaban J connectivity index is 0.961. The van der Waals surface area contributed by atoms with Crippen LogP contribution in [0.3, 0.4) is 0 Å². The second-order valence-corrected chi connectivity index (χ2v) is 38.0. The zero-order valence-electron chi connectivity index (χ0n) is 78.9. The molecule has 0 radical (unpaired) electrons. The highest BCUT2D eigenvalue weighted by Crippen LogP contribution is 2.57. The fraction of sp³-hybridized carbons (Fsp3) is 0.200. The summed E-state index contributed by atoms with van der Waals surface area (Å²) in [5, 5.41) is 197. The Morgan fingerprint density at radius 2 is 0.235 bits per heavy atom. The van der Waals surface area contributed by atoms with Gasteiger partial charge < -0.3 is 81.7 Å². The first kappa shape index (κ1) is 92.2. The summed E-state index contributed by atoms with van der Waals surface area (Å²) < 4.78 is 0. The number of aryl methyl sites for hydroxylation is 16. The van der Waals surface area contributed by atoms with Crippen LogP contribution in [0.5, 0.6) is 92.0 Å². The second kappa shape index (κ2) is 35.7. The molecule has 0 unspecified atom stereocenters. The highest BCUT2D eigenvalue weighted by molar-refractivity contribution is 5.70. The predicted molar refractivity (Wildman–Crippen MR) is 533 cm³/mol. The molecule has 0 saturated carbocycles. The van der Waals surface area contributed by atoms with Crippen LogP contribution in [0.25, 0.3) is 0 Å². The largest absolute Gasteiger partial charge is 0.507 e. The molecule has 0 fully saturated rings. The van der Waals surface area contributed by atoms with Crippen LogP contribution in [0.1, 0.15) is 270 Å². The van der Waals surface area contributed by atoms with E-state index in [1.54, 1.807) is 24.3 Å². The lowest BCUT2D eigenvalue weighted by molar-refractivity contribution is 0.431. The minimum Gasteiger partial charge on any atom is -0.507 e. The molecule has 16 aromatic carbocycles. The van der Waals surface area contributed by atoms with E-state index >= 15 is 0 Å². The summed E-state index contributed by atoms with van der Waals surface area (Å²) in [6, 6.07) is 72.8. The monoisotopic (exact) mass is 1810 g/mol. The van der Waals surface area contributed by atoms with E-state index in [1.807, 2.05) is 305 Å². The van der Waals surface area contributed by atoms with Crippen LogP contribution < -0.4 is 0 Å². The number of phenolic OH excluding ortho intramolecular Hbond substituents is 16. The topological polar surface area (TPSA) is 324 Å². The Morgan fingerprint density at radius 1 is 0.132 bits per heavy atom. The van der Waals surface area contributed by atoms with Crippen LogP contribution >= 0.6 is 0 Å². The molecule has 0 spiro atoms. The lowest BCUT2D eigenvalue weighted by Crippen LogP contribution is -2.13. The lowest BCUT2D eigenvalue weighted by atomic mass is 9.74. The number of phenols is 16. The van der Waals surface area contributed by atoms with Gasteiger partial charge in [-0.05, 0) is 313 Å². The number of hydrogen-bond acceptors (Lipinski definition) is 16. The summed E-state index contributed by atoms with van der Waals surface area (Å²) in [6.45, 7) is 29.4. The van der Waals surface area contributed by atoms with Crippen molar-refractivity contribution >= 4 is 0 Å². The van der Waals surface area contributed by atoms with Crippen molar-refractivity contribution in [2.24, 2.45) is 0 Å². The molecule has 1 aliphatic rings. The Labute approximate surface area is 792 Å². The molecule has 16 aromatic rings. The maximum Gasteiger partial charge on any atom is 0.123 e. The van der Waals surface area contributed by atoms with Crippen molar-refractivity contribution in [1.82, 2.24) is 0 Å². The zero-order valence-corrected chi connectivity index (χ0v) is 78.9. The van der Waals surface area contributed by atoms with E-state index in [0.717, 1.165) is 66.8 Å². The van der Waals surface area contributed by atoms with E-state index in [-0.39, 0.29) is 90.5 Å². The van der Waals surface area contributed by atoms with Gasteiger partial charge in [0.05, 0.1) is 0 Å². The Hall–Kier alpha value is -15.7. The van der Waals surface area contributed by atoms with Crippen molar-refractivity contribution in [1.29, 1.82) is 0 Å². The molecular weight excluding hydrogens is 1700 g/mol. The van der Waals surface area contributed by atoms with Gasteiger partial charge in [0.1, 0.15) is 92.0 Å². The number of aromatic hydroxyl groups is 16. The van der Waals surface area contributed by atoms with Crippen molar-refractivity contribution in [3.8, 4) is 92.0 Å². The molecule has 0 aliphatic heterocycles. The number of benzene rings is 16. The molecular formula is C120H112O16. The van der Waals surface area contributed by atoms with Gasteiger partial charge in [-0.2, -0.15) is 0 Å². The van der Waals surface area contributed by atoms with Gasteiger partial charge in [-0.1, -0.05) is 194 Å². The first-order valence-electron chi connectivity index (χ1n) is 45.6. The van der Waals surface area contributed by atoms with Gasteiger partial charge in [-0.15, -0.1) is 0 Å². The molecule has 0 aromatic heterocycles. The van der Waals surface area contributed by atoms with Gasteiger partial charge in [0.2, 0.25) is 0 Å². The van der Waals surface area contributed by atoms with Gasteiger partial charge in [-0.25, -0.2) is 0 Å². The highest BCUT2D eigenvalue weighted by Gasteiger charge is 2.38. The van der Waals surface area contributed by atoms with Crippen LogP contribution in [0.4, 0.5) is 0 Å². The van der Waals surface area contributed by atoms with Gasteiger partial charge in [0, 0.05) is 116 Å². The fourth-order valence-electron chi connectivity index (χ4n) is 21.5. The standard InChI is InChI=1S/C120H112O16/c1-57-33-81(34-58(2)113(57)129)105(82-35-59(3)114(130)60(4)36-82)73-17-25-77(26-18-73)109-89-49-91(99(123)53-97(89)121)110(78-27-19-74(20-28-78)106(83-37-61(5)115(131)62(6)38-83)84-39-63(7)116(132)64(8)40-84)93-51-95(103(127)55-101(93)125)112(80-31-23-76(24-32-80)108(87-45-69(13)119(135)70(14)46-87)88-47-71(15)120(136)72(16)48-88)96-52-94(102(126)56-104(96)128)111(92-50-90(109)98(122)54-100(92)124)79-29-21-75(22-30-79)107(85-41-65(9)117(133)66(10)42-85)86-43-67(11)118(134)68(12)44-86/h17-56,105-112,121-136H,1-16H3. The van der Waals surface area contributed by atoms with Crippen molar-refractivity contribution in [2.45, 2.75) is 158 Å². The van der Waals surface area contributed by atoms with Crippen LogP contribution in [0.2, 0.25) is 0 Å². The zero-order chi connectivity index (χ0) is 97.2. The van der Waals surface area contributed by atoms with E-state index in [0.29, 0.717) is 111 Å². The van der Waals surface area contributed by atoms with Crippen LogP contribution in [0, 0.1) is 111 Å². The highest BCUT2D eigenvalue weighted by atomic mass is 16.3. The van der Waals surface area contributed by atoms with Crippen LogP contribution in [-0.2, 0) is 0 Å². The molecule has 0 heterocycles. The first-order chi connectivity index (χ1) is 64.6. The van der Waals surface area contributed by atoms with Crippen molar-refractivity contribution in [3.05, 3.63) is 465 Å². The van der Waals surface area contributed by atoms with Crippen LogP contribution in [0.15, 0.2) is 243 Å². The lowest BCUT2D eigenvalue weighted by Gasteiger charge is -2.30. The quantitative estimate of drug-likeness (QED) is 0.0400. The molecule has 8 bridgehead atoms. The minimum absolute atomic E-state index is 0.106. The average molecular weight is 1810 g/mol. The maximum absolute atomic E-state index is 13.3. The fourth-order valence-corrected chi connectivity index (χ4v) is 21.5. The van der Waals surface area contributed by atoms with E-state index in [2.05, 4.69) is 0 Å². The third-order valence-electron chi connectivity index (χ3n) is 28.4. The number of hydrogen-bond donors (Lipinski definition) is 16. The molecule has 136 heavy (non-hydrogen) atoms. The number of fused-ring (bicyclic) bond motifs is 8. The predicted octanol–water partition coefficient (Wildman–Crippen LogP) is 25.7. The van der Waals surface area contributed by atoms with Crippen molar-refractivity contribution in [2.75, 3.05) is 0 Å². The third-order valence-corrected chi connectivity index (χ3v) is 28.4. The Bertz CT molecular complexity index is 6110. The molecule has 0 saturated heterocycles. The molecule has 16 nitrogen and oxygen atoms in total. The Morgan fingerprint density at radius 3 is 0.338 bits per heavy atom. The average Bonchev–Trinajstić information content (AvgIpc) is 0.742. The number of rotatable bonds is 16. The van der Waals surface area contributed by atoms with Gasteiger partial charge in [-0.3, -0.25) is 0 Å². The summed E-state index contributed by atoms with van der Waals surface area (Å²) >= 11 is 0. The maximum atomic E-state index is 13.3. The van der Waals surface area contributed by atoms with E-state index in [9.17, 15) is 81.7 Å². The minimum atomic E-state index is -1.28. The van der Waals surface area contributed by atoms with Gasteiger partial charge in [0.15, 0.2) is 0 Å². The second-order valence-electron chi connectivity index (χ2n) is 38.0. The summed E-state index contributed by atoms with van der Waals surface area (Å²) in [4.78, 5) is 0. The molecule has 16 N–H and O–H groups in total. The first-order valence-corrected chi connectivity index (χ1v) is 45.6. The summed E-state index contributed by atoms with van der Waals surface area (Å²) in [6.07, 6.45) is 0. The van der Waals surface area contributed by atoms with Crippen LogP contribution in [-0.4, -0.2) is 81.7 Å². The summed E-state index contributed by atoms with van der Waals surface area (Å²) in [5.41, 5.74) is 22.6. The van der Waals surface area contributed by atoms with Crippen molar-refractivity contribution < 1.29 is 81.7 Å². The molecule has 1 aliphatic carbocycles. The van der Waals surface area contributed by atoms with Gasteiger partial charge in [0.25, 0.3) is 0 Å². The molecule has 0 amide bonds. The third kappa shape index (κ3) is 16.7. The van der Waals surface area contributed by atoms with Crippen molar-refractivity contribution in [3.63, 3.8) is 0 Å². The van der Waals surface area contributed by atoms with Gasteiger partial charge >= 0.3 is 0 Å². The Kier molecular flexibility index (Phi) is 24.2. The summed E-state index contributed by atoms with van der Waals surface area (Å²) in [7, 11) is 0. The molecule has 16 heteroatoms. The normalized spacial score (nSPS) is 14.3. The van der Waals surface area contributed by atoms with E-state index in [4.69, 9.17) is 0 Å². The summed E-state index contributed by atoms with van der Waals surface area (Å²) in [5.74, 6) is -9.63. The smallest absolute Gasteiger partial charge is 0.123 e. The molecule has 17 rings (SSSR count). The molecule has 688 valence electrons.